The van der Waals surface area contributed by atoms with Crippen LogP contribution < -0.4 is 10.5 Å². The first-order chi connectivity index (χ1) is 7.60. The molecule has 2 rings (SSSR count). The van der Waals surface area contributed by atoms with Crippen molar-refractivity contribution in [2.24, 2.45) is 5.73 Å². The zero-order valence-corrected chi connectivity index (χ0v) is 9.88. The van der Waals surface area contributed by atoms with Gasteiger partial charge in [0.15, 0.2) is 0 Å². The first-order valence-corrected chi connectivity index (χ1v) is 5.02. The second-order valence-corrected chi connectivity index (χ2v) is 3.86. The van der Waals surface area contributed by atoms with Crippen molar-refractivity contribution in [2.75, 3.05) is 13.2 Å². The molecule has 2 N–H and O–H groups in total. The highest BCUT2D eigenvalue weighted by atomic mass is 35.5. The third-order valence-electron chi connectivity index (χ3n) is 2.71. The fourth-order valence-corrected chi connectivity index (χ4v) is 1.78. The van der Waals surface area contributed by atoms with Crippen molar-refractivity contribution in [1.29, 1.82) is 0 Å². The van der Waals surface area contributed by atoms with Crippen LogP contribution in [0.3, 0.4) is 0 Å². The molecule has 1 fully saturated rings. The van der Waals surface area contributed by atoms with E-state index in [-0.39, 0.29) is 18.2 Å². The van der Waals surface area contributed by atoms with E-state index in [1.165, 1.54) is 12.1 Å². The van der Waals surface area contributed by atoms with E-state index in [2.05, 4.69) is 4.74 Å². The molecule has 0 radical (unpaired) electrons. The monoisotopic (exact) mass is 265 g/mol. The Bertz CT molecular complexity index is 353. The van der Waals surface area contributed by atoms with Crippen LogP contribution >= 0.6 is 12.4 Å². The molecule has 1 aromatic carbocycles. The number of alkyl halides is 2. The molecule has 0 amide bonds. The first-order valence-electron chi connectivity index (χ1n) is 5.02. The maximum atomic E-state index is 11.9. The van der Waals surface area contributed by atoms with Crippen molar-refractivity contribution in [1.82, 2.24) is 0 Å². The molecule has 1 aliphatic heterocycles. The van der Waals surface area contributed by atoms with Crippen LogP contribution in [0.1, 0.15) is 12.0 Å². The molecule has 6 heteroatoms. The number of nitrogens with two attached hydrogens (primary N) is 1. The smallest absolute Gasteiger partial charge is 0.387 e. The first kappa shape index (κ1) is 14.2. The zero-order chi connectivity index (χ0) is 11.6. The normalized spacial score (nSPS) is 23.5. The Labute approximate surface area is 104 Å². The van der Waals surface area contributed by atoms with Gasteiger partial charge in [-0.25, -0.2) is 0 Å². The highest BCUT2D eigenvalue weighted by Gasteiger charge is 2.32. The average molecular weight is 266 g/mol. The standard InChI is InChI=1S/C11H13F2NO2.ClH/c12-10(13)16-9-3-1-8(2-4-9)11(14)5-6-15-7-11;/h1-4,10H,5-7,14H2;1H. The van der Waals surface area contributed by atoms with Gasteiger partial charge in [-0.15, -0.1) is 12.4 Å². The minimum atomic E-state index is -2.80. The van der Waals surface area contributed by atoms with Crippen LogP contribution in [0.4, 0.5) is 8.78 Å². The van der Waals surface area contributed by atoms with Gasteiger partial charge in [-0.2, -0.15) is 8.78 Å². The fraction of sp³-hybridized carbons (Fsp3) is 0.455. The number of hydrogen-bond donors (Lipinski definition) is 1. The van der Waals surface area contributed by atoms with Crippen LogP contribution in [0.25, 0.3) is 0 Å². The summed E-state index contributed by atoms with van der Waals surface area (Å²) in [6.45, 7) is -1.71. The molecule has 0 bridgehead atoms. The Hall–Kier alpha value is -0.910. The van der Waals surface area contributed by atoms with Crippen LogP contribution in [0, 0.1) is 0 Å². The predicted octanol–water partition coefficient (Wildman–Crippen LogP) is 2.28. The van der Waals surface area contributed by atoms with E-state index in [1.54, 1.807) is 12.1 Å². The largest absolute Gasteiger partial charge is 0.435 e. The molecule has 0 spiro atoms. The van der Waals surface area contributed by atoms with Gasteiger partial charge in [0.05, 0.1) is 12.1 Å². The van der Waals surface area contributed by atoms with Crippen LogP contribution in [-0.4, -0.2) is 19.8 Å². The van der Waals surface area contributed by atoms with E-state index >= 15 is 0 Å². The zero-order valence-electron chi connectivity index (χ0n) is 9.07. The molecular formula is C11H14ClF2NO2. The molecule has 1 atom stereocenters. The summed E-state index contributed by atoms with van der Waals surface area (Å²) in [4.78, 5) is 0. The van der Waals surface area contributed by atoms with E-state index in [4.69, 9.17) is 10.5 Å². The summed E-state index contributed by atoms with van der Waals surface area (Å²) in [7, 11) is 0. The van der Waals surface area contributed by atoms with Gasteiger partial charge in [0.25, 0.3) is 0 Å². The van der Waals surface area contributed by atoms with Crippen molar-refractivity contribution < 1.29 is 18.3 Å². The SMILES string of the molecule is Cl.NC1(c2ccc(OC(F)F)cc2)CCOC1. The highest BCUT2D eigenvalue weighted by molar-refractivity contribution is 5.85. The van der Waals surface area contributed by atoms with E-state index in [0.29, 0.717) is 13.2 Å². The molecule has 3 nitrogen and oxygen atoms in total. The summed E-state index contributed by atoms with van der Waals surface area (Å²) in [5.41, 5.74) is 6.50. The summed E-state index contributed by atoms with van der Waals surface area (Å²) in [6, 6.07) is 6.39. The van der Waals surface area contributed by atoms with Gasteiger partial charge in [0, 0.05) is 6.61 Å². The Kier molecular flexibility index (Phi) is 4.68. The topological polar surface area (TPSA) is 44.5 Å². The van der Waals surface area contributed by atoms with Gasteiger partial charge in [-0.3, -0.25) is 0 Å². The maximum absolute atomic E-state index is 11.9. The molecule has 1 aliphatic rings. The van der Waals surface area contributed by atoms with E-state index in [0.717, 1.165) is 12.0 Å². The maximum Gasteiger partial charge on any atom is 0.387 e. The lowest BCUT2D eigenvalue weighted by Crippen LogP contribution is -2.36. The minimum absolute atomic E-state index is 0. The lowest BCUT2D eigenvalue weighted by Gasteiger charge is -2.22. The highest BCUT2D eigenvalue weighted by Crippen LogP contribution is 2.29. The molecule has 17 heavy (non-hydrogen) atoms. The molecule has 0 aromatic heterocycles. The molecule has 1 saturated heterocycles. The molecule has 1 heterocycles. The Balaban J connectivity index is 0.00000144. The molecule has 0 aliphatic carbocycles. The number of rotatable bonds is 3. The predicted molar refractivity (Wildman–Crippen MR) is 61.6 cm³/mol. The van der Waals surface area contributed by atoms with E-state index < -0.39 is 12.2 Å². The molecular weight excluding hydrogens is 252 g/mol. The van der Waals surface area contributed by atoms with Crippen LogP contribution in [0.15, 0.2) is 24.3 Å². The Morgan fingerprint density at radius 3 is 2.41 bits per heavy atom. The third kappa shape index (κ3) is 3.28. The summed E-state index contributed by atoms with van der Waals surface area (Å²) in [6.07, 6.45) is 0.738. The van der Waals surface area contributed by atoms with Crippen molar-refractivity contribution in [3.05, 3.63) is 29.8 Å². The second-order valence-electron chi connectivity index (χ2n) is 3.86. The van der Waals surface area contributed by atoms with Gasteiger partial charge in [0.2, 0.25) is 0 Å². The quantitative estimate of drug-likeness (QED) is 0.912. The van der Waals surface area contributed by atoms with Crippen LogP contribution in [-0.2, 0) is 10.3 Å². The van der Waals surface area contributed by atoms with Crippen molar-refractivity contribution in [2.45, 2.75) is 18.6 Å². The Morgan fingerprint density at radius 1 is 1.29 bits per heavy atom. The van der Waals surface area contributed by atoms with Gasteiger partial charge < -0.3 is 15.2 Å². The van der Waals surface area contributed by atoms with Gasteiger partial charge >= 0.3 is 6.61 Å². The van der Waals surface area contributed by atoms with Crippen LogP contribution in [0.5, 0.6) is 5.75 Å². The summed E-state index contributed by atoms with van der Waals surface area (Å²) >= 11 is 0. The van der Waals surface area contributed by atoms with Crippen molar-refractivity contribution in [3.8, 4) is 5.75 Å². The van der Waals surface area contributed by atoms with Crippen molar-refractivity contribution >= 4 is 12.4 Å². The summed E-state index contributed by atoms with van der Waals surface area (Å²) < 4.78 is 33.4. The van der Waals surface area contributed by atoms with Gasteiger partial charge in [0.1, 0.15) is 5.75 Å². The number of ether oxygens (including phenoxy) is 2. The van der Waals surface area contributed by atoms with Gasteiger partial charge in [-0.05, 0) is 24.1 Å². The lowest BCUT2D eigenvalue weighted by molar-refractivity contribution is -0.0498. The molecule has 96 valence electrons. The Morgan fingerprint density at radius 2 is 1.94 bits per heavy atom. The third-order valence-corrected chi connectivity index (χ3v) is 2.71. The number of benzene rings is 1. The fourth-order valence-electron chi connectivity index (χ4n) is 1.78. The number of halogens is 3. The summed E-state index contributed by atoms with van der Waals surface area (Å²) in [5.74, 6) is 0.140. The van der Waals surface area contributed by atoms with Crippen molar-refractivity contribution in [3.63, 3.8) is 0 Å². The lowest BCUT2D eigenvalue weighted by atomic mass is 9.90. The molecule has 1 unspecified atom stereocenters. The van der Waals surface area contributed by atoms with E-state index in [1.807, 2.05) is 0 Å². The average Bonchev–Trinajstić information content (AvgIpc) is 2.66. The number of hydrogen-bond acceptors (Lipinski definition) is 3. The van der Waals surface area contributed by atoms with Crippen LogP contribution in [0.2, 0.25) is 0 Å². The summed E-state index contributed by atoms with van der Waals surface area (Å²) in [5, 5.41) is 0. The second kappa shape index (κ2) is 5.62. The minimum Gasteiger partial charge on any atom is -0.435 e. The van der Waals surface area contributed by atoms with E-state index in [9.17, 15) is 8.78 Å². The molecule has 0 saturated carbocycles. The molecule has 1 aromatic rings. The van der Waals surface area contributed by atoms with Gasteiger partial charge in [-0.1, -0.05) is 12.1 Å².